The van der Waals surface area contributed by atoms with Crippen LogP contribution in [-0.2, 0) is 0 Å². The van der Waals surface area contributed by atoms with E-state index in [1.54, 1.807) is 19.1 Å². The van der Waals surface area contributed by atoms with Crippen molar-refractivity contribution in [2.45, 2.75) is 6.92 Å². The summed E-state index contributed by atoms with van der Waals surface area (Å²) in [6.45, 7) is 1.67. The second-order valence-corrected chi connectivity index (χ2v) is 2.82. The molecule has 0 aliphatic rings. The van der Waals surface area contributed by atoms with Gasteiger partial charge in [-0.05, 0) is 19.1 Å². The normalized spacial score (nSPS) is 10.6. The van der Waals surface area contributed by atoms with Crippen molar-refractivity contribution in [2.75, 3.05) is 0 Å². The highest BCUT2D eigenvalue weighted by Crippen LogP contribution is 2.26. The summed E-state index contributed by atoms with van der Waals surface area (Å²) in [4.78, 5) is 10.5. The SMILES string of the molecule is Cc1c(C=O)oc2cccc(F)c12. The van der Waals surface area contributed by atoms with Gasteiger partial charge < -0.3 is 4.42 Å². The summed E-state index contributed by atoms with van der Waals surface area (Å²) in [5, 5.41) is 0.393. The van der Waals surface area contributed by atoms with Crippen molar-refractivity contribution in [2.24, 2.45) is 0 Å². The first kappa shape index (κ1) is 7.98. The Morgan fingerprint density at radius 2 is 2.23 bits per heavy atom. The molecule has 0 saturated carbocycles. The number of carbonyl (C=O) groups excluding carboxylic acids is 1. The Labute approximate surface area is 74.0 Å². The highest BCUT2D eigenvalue weighted by molar-refractivity contribution is 5.89. The fraction of sp³-hybridized carbons (Fsp3) is 0.100. The summed E-state index contributed by atoms with van der Waals surface area (Å²) in [5.74, 6) is -0.160. The van der Waals surface area contributed by atoms with Crippen LogP contribution in [0, 0.1) is 12.7 Å². The zero-order valence-corrected chi connectivity index (χ0v) is 7.00. The third-order valence-corrected chi connectivity index (χ3v) is 2.05. The van der Waals surface area contributed by atoms with Gasteiger partial charge in [-0.15, -0.1) is 0 Å². The molecule has 0 amide bonds. The quantitative estimate of drug-likeness (QED) is 0.628. The molecule has 1 aromatic heterocycles. The van der Waals surface area contributed by atoms with Gasteiger partial charge in [-0.25, -0.2) is 4.39 Å². The van der Waals surface area contributed by atoms with E-state index < -0.39 is 0 Å². The monoisotopic (exact) mass is 178 g/mol. The van der Waals surface area contributed by atoms with Crippen molar-refractivity contribution < 1.29 is 13.6 Å². The van der Waals surface area contributed by atoms with Gasteiger partial charge in [0.2, 0.25) is 0 Å². The molecule has 66 valence electrons. The molecule has 1 aromatic carbocycles. The molecule has 0 aliphatic carbocycles. The number of aldehydes is 1. The van der Waals surface area contributed by atoms with Crippen LogP contribution in [0.25, 0.3) is 11.0 Å². The van der Waals surface area contributed by atoms with E-state index in [-0.39, 0.29) is 11.6 Å². The van der Waals surface area contributed by atoms with E-state index in [1.165, 1.54) is 6.07 Å². The Kier molecular flexibility index (Phi) is 1.65. The minimum atomic E-state index is -0.355. The smallest absolute Gasteiger partial charge is 0.185 e. The summed E-state index contributed by atoms with van der Waals surface area (Å²) < 4.78 is 18.3. The first-order valence-electron chi connectivity index (χ1n) is 3.87. The van der Waals surface area contributed by atoms with Crippen LogP contribution >= 0.6 is 0 Å². The van der Waals surface area contributed by atoms with Gasteiger partial charge in [0.1, 0.15) is 11.4 Å². The minimum Gasteiger partial charge on any atom is -0.453 e. The third kappa shape index (κ3) is 1.04. The molecule has 0 bridgehead atoms. The number of carbonyl (C=O) groups is 1. The summed E-state index contributed by atoms with van der Waals surface area (Å²) in [7, 11) is 0. The summed E-state index contributed by atoms with van der Waals surface area (Å²) in [5.41, 5.74) is 0.975. The molecule has 0 radical (unpaired) electrons. The van der Waals surface area contributed by atoms with Crippen molar-refractivity contribution in [3.63, 3.8) is 0 Å². The second kappa shape index (κ2) is 2.69. The molecule has 2 aromatic rings. The Bertz CT molecular complexity index is 471. The number of rotatable bonds is 1. The maximum Gasteiger partial charge on any atom is 0.185 e. The van der Waals surface area contributed by atoms with E-state index in [4.69, 9.17) is 4.42 Å². The van der Waals surface area contributed by atoms with Gasteiger partial charge in [-0.1, -0.05) is 6.07 Å². The maximum absolute atomic E-state index is 13.2. The molecule has 0 atom stereocenters. The summed E-state index contributed by atoms with van der Waals surface area (Å²) >= 11 is 0. The molecule has 2 nitrogen and oxygen atoms in total. The van der Waals surface area contributed by atoms with Crippen molar-refractivity contribution in [1.82, 2.24) is 0 Å². The van der Waals surface area contributed by atoms with Gasteiger partial charge in [0, 0.05) is 5.56 Å². The first-order chi connectivity index (χ1) is 6.24. The van der Waals surface area contributed by atoms with Crippen molar-refractivity contribution in [3.05, 3.63) is 35.3 Å². The van der Waals surface area contributed by atoms with Crippen molar-refractivity contribution in [3.8, 4) is 0 Å². The molecule has 0 N–H and O–H groups in total. The molecule has 1 heterocycles. The summed E-state index contributed by atoms with van der Waals surface area (Å²) in [6, 6.07) is 4.53. The molecular formula is C10H7FO2. The molecule has 13 heavy (non-hydrogen) atoms. The van der Waals surface area contributed by atoms with Gasteiger partial charge >= 0.3 is 0 Å². The number of hydrogen-bond acceptors (Lipinski definition) is 2. The number of halogens is 1. The lowest BCUT2D eigenvalue weighted by molar-refractivity contribution is 0.110. The predicted molar refractivity (Wildman–Crippen MR) is 46.3 cm³/mol. The molecule has 0 aliphatic heterocycles. The molecule has 0 fully saturated rings. The van der Waals surface area contributed by atoms with Crippen LogP contribution in [0.5, 0.6) is 0 Å². The molecule has 0 unspecified atom stereocenters. The minimum absolute atomic E-state index is 0.195. The van der Waals surface area contributed by atoms with E-state index in [9.17, 15) is 9.18 Å². The van der Waals surface area contributed by atoms with Crippen LogP contribution < -0.4 is 0 Å². The zero-order chi connectivity index (χ0) is 9.42. The lowest BCUT2D eigenvalue weighted by Crippen LogP contribution is -1.79. The number of hydrogen-bond donors (Lipinski definition) is 0. The zero-order valence-electron chi connectivity index (χ0n) is 7.00. The highest BCUT2D eigenvalue weighted by Gasteiger charge is 2.12. The Balaban J connectivity index is 2.92. The predicted octanol–water partition coefficient (Wildman–Crippen LogP) is 2.69. The number of furan rings is 1. The van der Waals surface area contributed by atoms with Crippen LogP contribution in [0.4, 0.5) is 4.39 Å². The van der Waals surface area contributed by atoms with Crippen LogP contribution in [-0.4, -0.2) is 6.29 Å². The van der Waals surface area contributed by atoms with Gasteiger partial charge in [0.15, 0.2) is 12.0 Å². The van der Waals surface area contributed by atoms with E-state index in [2.05, 4.69) is 0 Å². The van der Waals surface area contributed by atoms with Gasteiger partial charge in [-0.2, -0.15) is 0 Å². The largest absolute Gasteiger partial charge is 0.453 e. The number of fused-ring (bicyclic) bond motifs is 1. The van der Waals surface area contributed by atoms with Crippen LogP contribution in [0.15, 0.2) is 22.6 Å². The number of aryl methyl sites for hydroxylation is 1. The Morgan fingerprint density at radius 1 is 1.46 bits per heavy atom. The van der Waals surface area contributed by atoms with Crippen molar-refractivity contribution >= 4 is 17.3 Å². The second-order valence-electron chi connectivity index (χ2n) is 2.82. The van der Waals surface area contributed by atoms with Gasteiger partial charge in [0.05, 0.1) is 5.39 Å². The summed E-state index contributed by atoms with van der Waals surface area (Å²) in [6.07, 6.45) is 0.592. The first-order valence-corrected chi connectivity index (χ1v) is 3.87. The molecule has 3 heteroatoms. The molecular weight excluding hydrogens is 171 g/mol. The molecule has 0 spiro atoms. The number of benzene rings is 1. The average molecular weight is 178 g/mol. The lowest BCUT2D eigenvalue weighted by Gasteiger charge is -1.90. The fourth-order valence-electron chi connectivity index (χ4n) is 1.38. The van der Waals surface area contributed by atoms with E-state index in [0.717, 1.165) is 0 Å². The highest BCUT2D eigenvalue weighted by atomic mass is 19.1. The fourth-order valence-corrected chi connectivity index (χ4v) is 1.38. The van der Waals surface area contributed by atoms with Crippen LogP contribution in [0.2, 0.25) is 0 Å². The standard InChI is InChI=1S/C10H7FO2/c1-6-9(5-12)13-8-4-2-3-7(11)10(6)8/h2-5H,1H3. The molecule has 0 saturated heterocycles. The van der Waals surface area contributed by atoms with E-state index in [0.29, 0.717) is 22.8 Å². The lowest BCUT2D eigenvalue weighted by atomic mass is 10.1. The maximum atomic E-state index is 13.2. The molecule has 2 rings (SSSR count). The van der Waals surface area contributed by atoms with E-state index in [1.807, 2.05) is 0 Å². The van der Waals surface area contributed by atoms with E-state index >= 15 is 0 Å². The van der Waals surface area contributed by atoms with Gasteiger partial charge in [0.25, 0.3) is 0 Å². The van der Waals surface area contributed by atoms with Gasteiger partial charge in [-0.3, -0.25) is 4.79 Å². The van der Waals surface area contributed by atoms with Crippen molar-refractivity contribution in [1.29, 1.82) is 0 Å². The Hall–Kier alpha value is -1.64. The van der Waals surface area contributed by atoms with Crippen LogP contribution in [0.1, 0.15) is 16.1 Å². The van der Waals surface area contributed by atoms with Crippen LogP contribution in [0.3, 0.4) is 0 Å². The third-order valence-electron chi connectivity index (χ3n) is 2.05. The Morgan fingerprint density at radius 3 is 2.85 bits per heavy atom. The average Bonchev–Trinajstić information content (AvgIpc) is 2.44. The topological polar surface area (TPSA) is 30.2 Å².